The lowest BCUT2D eigenvalue weighted by atomic mass is 10.2. The van der Waals surface area contributed by atoms with Gasteiger partial charge in [-0.25, -0.2) is 14.0 Å². The maximum absolute atomic E-state index is 12.8. The summed E-state index contributed by atoms with van der Waals surface area (Å²) in [4.78, 5) is 22.0. The predicted octanol–water partition coefficient (Wildman–Crippen LogP) is 1.94. The number of alkyl halides is 1. The number of aliphatic carboxylic acids is 1. The van der Waals surface area contributed by atoms with Crippen LogP contribution in [0.5, 0.6) is 0 Å². The molecule has 0 rings (SSSR count). The fraction of sp³-hybridized carbons (Fsp3) is 0.778. The Hall–Kier alpha value is -1.23. The molecule has 2 N–H and O–H groups in total. The number of halogens is 1. The van der Waals surface area contributed by atoms with Crippen LogP contribution in [-0.2, 0) is 14.1 Å². The van der Waals surface area contributed by atoms with E-state index in [9.17, 15) is 18.5 Å². The third kappa shape index (κ3) is 7.63. The van der Waals surface area contributed by atoms with Crippen molar-refractivity contribution in [2.24, 2.45) is 0 Å². The monoisotopic (exact) mass is 267 g/mol. The standard InChI is InChI=1S/C9H15FNO5P/c1-9(2,3)16-8(14)11-5(7(12)13)4-6(10)17-15/h5-6H,4H2,1-3H3,(H,11,14)(H,12,13). The Bertz CT molecular complexity index is 304. The summed E-state index contributed by atoms with van der Waals surface area (Å²) < 4.78 is 27.7. The van der Waals surface area contributed by atoms with Crippen LogP contribution in [-0.4, -0.2) is 34.7 Å². The first-order valence-corrected chi connectivity index (χ1v) is 5.72. The number of rotatable bonds is 5. The van der Waals surface area contributed by atoms with E-state index < -0.39 is 44.5 Å². The first-order chi connectivity index (χ1) is 7.65. The first kappa shape index (κ1) is 15.8. The maximum Gasteiger partial charge on any atom is 0.408 e. The SMILES string of the molecule is CC(C)(C)OC(=O)NC(CC(F)P=O)C(=O)O. The highest BCUT2D eigenvalue weighted by atomic mass is 31.1. The number of hydrogen-bond donors (Lipinski definition) is 2. The fourth-order valence-corrected chi connectivity index (χ4v) is 1.21. The zero-order valence-corrected chi connectivity index (χ0v) is 10.7. The second-order valence-electron chi connectivity index (χ2n) is 4.31. The van der Waals surface area contributed by atoms with Crippen molar-refractivity contribution in [3.63, 3.8) is 0 Å². The first-order valence-electron chi connectivity index (χ1n) is 4.84. The second kappa shape index (κ2) is 6.49. The average molecular weight is 267 g/mol. The van der Waals surface area contributed by atoms with E-state index in [0.717, 1.165) is 0 Å². The third-order valence-electron chi connectivity index (χ3n) is 1.53. The molecule has 0 saturated heterocycles. The summed E-state index contributed by atoms with van der Waals surface area (Å²) in [5.74, 6) is -3.26. The topological polar surface area (TPSA) is 92.7 Å². The van der Waals surface area contributed by atoms with Crippen LogP contribution in [0.2, 0.25) is 0 Å². The molecular formula is C9H15FNO5P. The highest BCUT2D eigenvalue weighted by molar-refractivity contribution is 7.24. The zero-order valence-electron chi connectivity index (χ0n) is 9.77. The van der Waals surface area contributed by atoms with E-state index in [1.54, 1.807) is 20.8 Å². The van der Waals surface area contributed by atoms with Crippen LogP contribution in [0, 0.1) is 0 Å². The van der Waals surface area contributed by atoms with Crippen LogP contribution < -0.4 is 5.32 Å². The van der Waals surface area contributed by atoms with Gasteiger partial charge in [0.2, 0.25) is 0 Å². The summed E-state index contributed by atoms with van der Waals surface area (Å²) in [5, 5.41) is 10.7. The molecule has 2 unspecified atom stereocenters. The summed E-state index contributed by atoms with van der Waals surface area (Å²) in [6.07, 6.45) is -1.54. The van der Waals surface area contributed by atoms with Gasteiger partial charge in [0.1, 0.15) is 11.6 Å². The van der Waals surface area contributed by atoms with Crippen molar-refractivity contribution in [2.45, 2.75) is 44.7 Å². The Balaban J connectivity index is 4.40. The number of ether oxygens (including phenoxy) is 1. The normalized spacial score (nSPS) is 15.1. The van der Waals surface area contributed by atoms with E-state index in [4.69, 9.17) is 9.84 Å². The van der Waals surface area contributed by atoms with E-state index >= 15 is 0 Å². The molecule has 0 aromatic rings. The molecule has 6 nitrogen and oxygen atoms in total. The molecule has 1 amide bonds. The second-order valence-corrected chi connectivity index (χ2v) is 5.08. The van der Waals surface area contributed by atoms with Crippen LogP contribution in [0.25, 0.3) is 0 Å². The van der Waals surface area contributed by atoms with E-state index in [1.807, 2.05) is 5.32 Å². The lowest BCUT2D eigenvalue weighted by Crippen LogP contribution is -2.44. The third-order valence-corrected chi connectivity index (χ3v) is 1.97. The number of carbonyl (C=O) groups is 2. The minimum absolute atomic E-state index is 0.584. The van der Waals surface area contributed by atoms with E-state index in [0.29, 0.717) is 0 Å². The van der Waals surface area contributed by atoms with Crippen LogP contribution >= 0.6 is 8.46 Å². The molecule has 0 aliphatic carbocycles. The van der Waals surface area contributed by atoms with Gasteiger partial charge in [-0.05, 0) is 20.8 Å². The van der Waals surface area contributed by atoms with Gasteiger partial charge in [0.05, 0.1) is 0 Å². The van der Waals surface area contributed by atoms with Gasteiger partial charge in [-0.2, -0.15) is 0 Å². The van der Waals surface area contributed by atoms with Gasteiger partial charge >= 0.3 is 12.1 Å². The summed E-state index contributed by atoms with van der Waals surface area (Å²) in [6, 6.07) is -1.47. The minimum atomic E-state index is -1.84. The summed E-state index contributed by atoms with van der Waals surface area (Å²) in [5.41, 5.74) is -0.779. The molecule has 0 heterocycles. The number of hydrogen-bond acceptors (Lipinski definition) is 4. The predicted molar refractivity (Wildman–Crippen MR) is 57.9 cm³/mol. The molecule has 0 spiro atoms. The van der Waals surface area contributed by atoms with Crippen LogP contribution in [0.15, 0.2) is 0 Å². The van der Waals surface area contributed by atoms with Crippen molar-refractivity contribution in [3.05, 3.63) is 0 Å². The molecule has 2 atom stereocenters. The van der Waals surface area contributed by atoms with Crippen LogP contribution in [0.1, 0.15) is 27.2 Å². The molecule has 0 aromatic heterocycles. The number of carbonyl (C=O) groups excluding carboxylic acids is 1. The minimum Gasteiger partial charge on any atom is -0.480 e. The summed E-state index contributed by atoms with van der Waals surface area (Å²) in [7, 11) is -0.815. The van der Waals surface area contributed by atoms with E-state index in [1.165, 1.54) is 0 Å². The van der Waals surface area contributed by atoms with Gasteiger partial charge in [-0.3, -0.25) is 4.57 Å². The molecule has 0 aliphatic rings. The lowest BCUT2D eigenvalue weighted by molar-refractivity contribution is -0.139. The zero-order chi connectivity index (χ0) is 13.6. The number of nitrogens with one attached hydrogen (secondary N) is 1. The Morgan fingerprint density at radius 3 is 2.35 bits per heavy atom. The largest absolute Gasteiger partial charge is 0.480 e. The molecule has 98 valence electrons. The van der Waals surface area contributed by atoms with E-state index in [2.05, 4.69) is 0 Å². The molecule has 0 aromatic carbocycles. The Morgan fingerprint density at radius 2 is 2.00 bits per heavy atom. The van der Waals surface area contributed by atoms with Gasteiger partial charge in [-0.1, -0.05) is 0 Å². The highest BCUT2D eigenvalue weighted by Gasteiger charge is 2.26. The maximum atomic E-state index is 12.8. The van der Waals surface area contributed by atoms with Gasteiger partial charge in [0.25, 0.3) is 0 Å². The van der Waals surface area contributed by atoms with Gasteiger partial charge < -0.3 is 15.2 Å². The van der Waals surface area contributed by atoms with Gasteiger partial charge in [0.15, 0.2) is 14.4 Å². The number of carboxylic acids is 1. The Labute approximate surface area is 99.7 Å². The molecule has 0 aliphatic heterocycles. The van der Waals surface area contributed by atoms with Crippen molar-refractivity contribution in [1.29, 1.82) is 0 Å². The van der Waals surface area contributed by atoms with E-state index in [-0.39, 0.29) is 0 Å². The Morgan fingerprint density at radius 1 is 1.47 bits per heavy atom. The summed E-state index contributed by atoms with van der Waals surface area (Å²) >= 11 is 0. The number of alkyl carbamates (subject to hydrolysis) is 1. The van der Waals surface area contributed by atoms with Gasteiger partial charge in [0, 0.05) is 6.42 Å². The lowest BCUT2D eigenvalue weighted by Gasteiger charge is -2.21. The van der Waals surface area contributed by atoms with Crippen molar-refractivity contribution >= 4 is 20.5 Å². The Kier molecular flexibility index (Phi) is 6.02. The highest BCUT2D eigenvalue weighted by Crippen LogP contribution is 2.15. The van der Waals surface area contributed by atoms with Crippen molar-refractivity contribution in [1.82, 2.24) is 5.32 Å². The number of carboxylic acid groups (broad SMARTS) is 1. The summed E-state index contributed by atoms with van der Waals surface area (Å²) in [6.45, 7) is 4.82. The molecule has 0 bridgehead atoms. The van der Waals surface area contributed by atoms with Crippen LogP contribution in [0.4, 0.5) is 9.18 Å². The average Bonchev–Trinajstić information content (AvgIpc) is 2.13. The van der Waals surface area contributed by atoms with Crippen molar-refractivity contribution in [3.8, 4) is 0 Å². The van der Waals surface area contributed by atoms with Gasteiger partial charge in [-0.15, -0.1) is 0 Å². The molecular weight excluding hydrogens is 252 g/mol. The van der Waals surface area contributed by atoms with Crippen molar-refractivity contribution < 1.29 is 28.4 Å². The van der Waals surface area contributed by atoms with Crippen LogP contribution in [0.3, 0.4) is 0 Å². The number of amides is 1. The molecule has 0 saturated carbocycles. The molecule has 0 fully saturated rings. The quantitative estimate of drug-likeness (QED) is 0.742. The molecule has 17 heavy (non-hydrogen) atoms. The molecule has 0 radical (unpaired) electrons. The molecule has 8 heteroatoms. The van der Waals surface area contributed by atoms with Crippen molar-refractivity contribution in [2.75, 3.05) is 0 Å². The smallest absolute Gasteiger partial charge is 0.408 e. The fourth-order valence-electron chi connectivity index (χ4n) is 0.909.